The molecular weight excluding hydrogens is 188 g/mol. The SMILES string of the molecule is O=C1CC2(CO1)CC1OC2CC1S. The lowest BCUT2D eigenvalue weighted by Gasteiger charge is -2.29. The molecule has 2 bridgehead atoms. The number of hydrogen-bond acceptors (Lipinski definition) is 4. The molecule has 4 unspecified atom stereocenters. The molecule has 3 saturated heterocycles. The summed E-state index contributed by atoms with van der Waals surface area (Å²) in [4.78, 5) is 11.1. The summed E-state index contributed by atoms with van der Waals surface area (Å²) in [5, 5.41) is 0.367. The molecule has 0 saturated carbocycles. The number of hydrogen-bond donors (Lipinski definition) is 1. The van der Waals surface area contributed by atoms with Gasteiger partial charge in [0.1, 0.15) is 6.61 Å². The van der Waals surface area contributed by atoms with E-state index in [1.165, 1.54) is 0 Å². The second-order valence-electron chi connectivity index (χ2n) is 4.37. The Balaban J connectivity index is 1.85. The number of thiol groups is 1. The Morgan fingerprint density at radius 2 is 2.38 bits per heavy atom. The largest absolute Gasteiger partial charge is 0.465 e. The lowest BCUT2D eigenvalue weighted by Crippen LogP contribution is -2.36. The molecule has 3 aliphatic rings. The van der Waals surface area contributed by atoms with Crippen molar-refractivity contribution in [1.82, 2.24) is 0 Å². The highest BCUT2D eigenvalue weighted by molar-refractivity contribution is 7.81. The Hall–Kier alpha value is -0.220. The Morgan fingerprint density at radius 1 is 1.54 bits per heavy atom. The molecule has 72 valence electrons. The number of carbonyl (C=O) groups is 1. The minimum Gasteiger partial charge on any atom is -0.465 e. The van der Waals surface area contributed by atoms with Crippen LogP contribution in [0.3, 0.4) is 0 Å². The molecule has 13 heavy (non-hydrogen) atoms. The highest BCUT2D eigenvalue weighted by Gasteiger charge is 2.59. The highest BCUT2D eigenvalue weighted by atomic mass is 32.1. The standard InChI is InChI=1S/C9H12O3S/c10-8-3-9(4-11-8)2-5-6(13)1-7(9)12-5/h5-7,13H,1-4H2. The van der Waals surface area contributed by atoms with Crippen molar-refractivity contribution in [2.45, 2.75) is 36.7 Å². The smallest absolute Gasteiger partial charge is 0.306 e. The number of esters is 1. The summed E-state index contributed by atoms with van der Waals surface area (Å²) in [5.41, 5.74) is 0.0149. The molecule has 1 spiro atoms. The van der Waals surface area contributed by atoms with E-state index in [1.807, 2.05) is 0 Å². The maximum absolute atomic E-state index is 11.1. The van der Waals surface area contributed by atoms with Gasteiger partial charge in [0.05, 0.1) is 18.6 Å². The van der Waals surface area contributed by atoms with Gasteiger partial charge in [-0.3, -0.25) is 4.79 Å². The van der Waals surface area contributed by atoms with Crippen LogP contribution in [0.25, 0.3) is 0 Å². The van der Waals surface area contributed by atoms with Gasteiger partial charge in [-0.1, -0.05) is 0 Å². The number of cyclic esters (lactones) is 1. The summed E-state index contributed by atoms with van der Waals surface area (Å²) >= 11 is 4.45. The van der Waals surface area contributed by atoms with Crippen molar-refractivity contribution in [3.8, 4) is 0 Å². The van der Waals surface area contributed by atoms with Crippen molar-refractivity contribution in [2.24, 2.45) is 5.41 Å². The fourth-order valence-corrected chi connectivity index (χ4v) is 3.16. The monoisotopic (exact) mass is 200 g/mol. The van der Waals surface area contributed by atoms with Crippen LogP contribution in [0.5, 0.6) is 0 Å². The number of carbonyl (C=O) groups excluding carboxylic acids is 1. The molecule has 0 aliphatic carbocycles. The van der Waals surface area contributed by atoms with E-state index in [9.17, 15) is 4.79 Å². The summed E-state index contributed by atoms with van der Waals surface area (Å²) in [7, 11) is 0. The van der Waals surface area contributed by atoms with Gasteiger partial charge in [-0.15, -0.1) is 0 Å². The van der Waals surface area contributed by atoms with E-state index in [1.54, 1.807) is 0 Å². The van der Waals surface area contributed by atoms with Crippen molar-refractivity contribution in [3.05, 3.63) is 0 Å². The van der Waals surface area contributed by atoms with Gasteiger partial charge in [0.2, 0.25) is 0 Å². The maximum atomic E-state index is 11.1. The second-order valence-corrected chi connectivity index (χ2v) is 5.03. The molecule has 3 nitrogen and oxygen atoms in total. The average molecular weight is 200 g/mol. The van der Waals surface area contributed by atoms with Crippen LogP contribution in [0.1, 0.15) is 19.3 Å². The van der Waals surface area contributed by atoms with Gasteiger partial charge in [0, 0.05) is 10.7 Å². The van der Waals surface area contributed by atoms with Gasteiger partial charge in [-0.2, -0.15) is 12.6 Å². The van der Waals surface area contributed by atoms with Gasteiger partial charge in [-0.25, -0.2) is 0 Å². The first-order valence-electron chi connectivity index (χ1n) is 4.69. The molecule has 3 fully saturated rings. The molecule has 0 N–H and O–H groups in total. The summed E-state index contributed by atoms with van der Waals surface area (Å²) < 4.78 is 10.8. The van der Waals surface area contributed by atoms with Crippen LogP contribution in [0, 0.1) is 5.41 Å². The lowest BCUT2D eigenvalue weighted by atomic mass is 9.73. The third-order valence-corrected chi connectivity index (χ3v) is 4.07. The summed E-state index contributed by atoms with van der Waals surface area (Å²) in [5.74, 6) is -0.0631. The maximum Gasteiger partial charge on any atom is 0.306 e. The first-order chi connectivity index (χ1) is 6.20. The zero-order valence-corrected chi connectivity index (χ0v) is 8.13. The van der Waals surface area contributed by atoms with Gasteiger partial charge in [0.15, 0.2) is 0 Å². The molecular formula is C9H12O3S. The molecule has 4 heteroatoms. The van der Waals surface area contributed by atoms with Crippen LogP contribution in [-0.2, 0) is 14.3 Å². The fourth-order valence-electron chi connectivity index (χ4n) is 2.79. The van der Waals surface area contributed by atoms with E-state index in [0.29, 0.717) is 18.3 Å². The quantitative estimate of drug-likeness (QED) is 0.463. The van der Waals surface area contributed by atoms with Crippen LogP contribution < -0.4 is 0 Å². The van der Waals surface area contributed by atoms with E-state index in [-0.39, 0.29) is 23.6 Å². The predicted octanol–water partition coefficient (Wildman–Crippen LogP) is 0.779. The number of fused-ring (bicyclic) bond motifs is 3. The zero-order chi connectivity index (χ0) is 9.05. The predicted molar refractivity (Wildman–Crippen MR) is 48.7 cm³/mol. The lowest BCUT2D eigenvalue weighted by molar-refractivity contribution is -0.137. The second kappa shape index (κ2) is 2.42. The van der Waals surface area contributed by atoms with Crippen molar-refractivity contribution >= 4 is 18.6 Å². The summed E-state index contributed by atoms with van der Waals surface area (Å²) in [6.45, 7) is 0.563. The van der Waals surface area contributed by atoms with Crippen LogP contribution in [0.15, 0.2) is 0 Å². The third kappa shape index (κ3) is 0.987. The van der Waals surface area contributed by atoms with E-state index >= 15 is 0 Å². The molecule has 0 amide bonds. The minimum absolute atomic E-state index is 0.0149. The Kier molecular flexibility index (Phi) is 1.51. The fraction of sp³-hybridized carbons (Fsp3) is 0.889. The number of ether oxygens (including phenoxy) is 2. The molecule has 0 aromatic heterocycles. The van der Waals surface area contributed by atoms with E-state index < -0.39 is 0 Å². The van der Waals surface area contributed by atoms with Crippen LogP contribution in [-0.4, -0.2) is 30.0 Å². The van der Waals surface area contributed by atoms with Crippen molar-refractivity contribution in [2.75, 3.05) is 6.61 Å². The van der Waals surface area contributed by atoms with Crippen LogP contribution >= 0.6 is 12.6 Å². The van der Waals surface area contributed by atoms with E-state index in [2.05, 4.69) is 12.6 Å². The average Bonchev–Trinajstić information content (AvgIpc) is 2.68. The Morgan fingerprint density at radius 3 is 2.85 bits per heavy atom. The number of rotatable bonds is 0. The zero-order valence-electron chi connectivity index (χ0n) is 7.23. The molecule has 4 atom stereocenters. The molecule has 0 radical (unpaired) electrons. The van der Waals surface area contributed by atoms with Gasteiger partial charge in [0.25, 0.3) is 0 Å². The molecule has 0 aromatic rings. The first kappa shape index (κ1) is 8.12. The van der Waals surface area contributed by atoms with Crippen molar-refractivity contribution < 1.29 is 14.3 Å². The van der Waals surface area contributed by atoms with Crippen molar-refractivity contribution in [1.29, 1.82) is 0 Å². The van der Waals surface area contributed by atoms with Crippen LogP contribution in [0.2, 0.25) is 0 Å². The summed E-state index contributed by atoms with van der Waals surface area (Å²) in [6, 6.07) is 0. The highest BCUT2D eigenvalue weighted by Crippen LogP contribution is 2.53. The Bertz CT molecular complexity index is 266. The molecule has 3 aliphatic heterocycles. The van der Waals surface area contributed by atoms with Gasteiger partial charge in [-0.05, 0) is 12.8 Å². The van der Waals surface area contributed by atoms with E-state index in [0.717, 1.165) is 12.8 Å². The molecule has 3 rings (SSSR count). The molecule has 3 heterocycles. The minimum atomic E-state index is -0.0631. The Labute approximate surface area is 82.2 Å². The summed E-state index contributed by atoms with van der Waals surface area (Å²) in [6.07, 6.45) is 2.95. The van der Waals surface area contributed by atoms with E-state index in [4.69, 9.17) is 9.47 Å². The van der Waals surface area contributed by atoms with Gasteiger partial charge < -0.3 is 9.47 Å². The van der Waals surface area contributed by atoms with Crippen molar-refractivity contribution in [3.63, 3.8) is 0 Å². The topological polar surface area (TPSA) is 35.5 Å². The molecule has 0 aromatic carbocycles. The van der Waals surface area contributed by atoms with Gasteiger partial charge >= 0.3 is 5.97 Å². The normalized spacial score (nSPS) is 53.3. The van der Waals surface area contributed by atoms with Crippen LogP contribution in [0.4, 0.5) is 0 Å². The first-order valence-corrected chi connectivity index (χ1v) is 5.20. The third-order valence-electron chi connectivity index (χ3n) is 3.53.